The first-order valence-corrected chi connectivity index (χ1v) is 11.6. The molecular weight excluding hydrogens is 386 g/mol. The highest BCUT2D eigenvalue weighted by atomic mass is 32.2. The standard InChI is InChI=1S/C22H31N3O3S/c1-14-9-11-25(12-10-14)22(26)20-17(4)24(6)18(5)21(20)29(27,28)23-19-8-7-15(2)16(3)13-19/h7-8,13-14,23H,9-12H2,1-6H3. The van der Waals surface area contributed by atoms with Crippen molar-refractivity contribution in [3.8, 4) is 0 Å². The molecule has 7 heteroatoms. The highest BCUT2D eigenvalue weighted by Gasteiger charge is 2.33. The number of piperidine rings is 1. The smallest absolute Gasteiger partial charge is 0.264 e. The molecule has 1 fully saturated rings. The Morgan fingerprint density at radius 1 is 1.03 bits per heavy atom. The van der Waals surface area contributed by atoms with E-state index in [1.54, 1.807) is 29.5 Å². The van der Waals surface area contributed by atoms with E-state index in [0.29, 0.717) is 36.1 Å². The minimum Gasteiger partial charge on any atom is -0.350 e. The molecule has 1 aromatic heterocycles. The number of aromatic nitrogens is 1. The maximum Gasteiger partial charge on any atom is 0.264 e. The van der Waals surface area contributed by atoms with Crippen LogP contribution in [0.3, 0.4) is 0 Å². The zero-order valence-corrected chi connectivity index (χ0v) is 19.0. The van der Waals surface area contributed by atoms with Crippen molar-refractivity contribution in [3.63, 3.8) is 0 Å². The second kappa shape index (κ2) is 7.86. The molecule has 0 radical (unpaired) electrons. The van der Waals surface area contributed by atoms with E-state index >= 15 is 0 Å². The van der Waals surface area contributed by atoms with Crippen molar-refractivity contribution < 1.29 is 13.2 Å². The fourth-order valence-corrected chi connectivity index (χ4v) is 5.45. The van der Waals surface area contributed by atoms with Crippen molar-refractivity contribution >= 4 is 21.6 Å². The van der Waals surface area contributed by atoms with Gasteiger partial charge in [0.05, 0.1) is 5.56 Å². The molecule has 0 saturated carbocycles. The quantitative estimate of drug-likeness (QED) is 0.819. The number of benzene rings is 1. The SMILES string of the molecule is Cc1ccc(NS(=O)(=O)c2c(C(=O)N3CCC(C)CC3)c(C)n(C)c2C)cc1C. The Bertz CT molecular complexity index is 1050. The van der Waals surface area contributed by atoms with Gasteiger partial charge < -0.3 is 9.47 Å². The number of carbonyl (C=O) groups excluding carboxylic acids is 1. The van der Waals surface area contributed by atoms with Crippen LogP contribution in [0, 0.1) is 33.6 Å². The molecule has 6 nitrogen and oxygen atoms in total. The number of anilines is 1. The number of carbonyl (C=O) groups is 1. The molecule has 2 aromatic rings. The van der Waals surface area contributed by atoms with Gasteiger partial charge >= 0.3 is 0 Å². The summed E-state index contributed by atoms with van der Waals surface area (Å²) >= 11 is 0. The van der Waals surface area contributed by atoms with E-state index in [1.165, 1.54) is 0 Å². The third-order valence-corrected chi connectivity index (χ3v) is 7.78. The van der Waals surface area contributed by atoms with Gasteiger partial charge in [0.15, 0.2) is 0 Å². The van der Waals surface area contributed by atoms with Crippen molar-refractivity contribution in [1.82, 2.24) is 9.47 Å². The second-order valence-corrected chi connectivity index (χ2v) is 9.93. The lowest BCUT2D eigenvalue weighted by molar-refractivity contribution is 0.0692. The fraction of sp³-hybridized carbons (Fsp3) is 0.500. The first kappa shape index (κ1) is 21.4. The summed E-state index contributed by atoms with van der Waals surface area (Å²) in [5.41, 5.74) is 4.12. The van der Waals surface area contributed by atoms with Crippen molar-refractivity contribution in [2.75, 3.05) is 17.8 Å². The number of rotatable bonds is 4. The Morgan fingerprint density at radius 2 is 1.66 bits per heavy atom. The van der Waals surface area contributed by atoms with Gasteiger partial charge in [-0.2, -0.15) is 0 Å². The minimum atomic E-state index is -3.92. The molecule has 0 bridgehead atoms. The van der Waals surface area contributed by atoms with E-state index in [9.17, 15) is 13.2 Å². The molecule has 0 spiro atoms. The molecule has 3 rings (SSSR count). The van der Waals surface area contributed by atoms with Gasteiger partial charge in [-0.25, -0.2) is 8.42 Å². The summed E-state index contributed by atoms with van der Waals surface area (Å²) in [4.78, 5) is 15.2. The highest BCUT2D eigenvalue weighted by Crippen LogP contribution is 2.30. The monoisotopic (exact) mass is 417 g/mol. The molecule has 29 heavy (non-hydrogen) atoms. The molecule has 1 saturated heterocycles. The van der Waals surface area contributed by atoms with Gasteiger partial charge in [-0.3, -0.25) is 9.52 Å². The lowest BCUT2D eigenvalue weighted by atomic mass is 9.98. The van der Waals surface area contributed by atoms with Gasteiger partial charge in [0, 0.05) is 37.2 Å². The molecule has 1 N–H and O–H groups in total. The summed E-state index contributed by atoms with van der Waals surface area (Å²) < 4.78 is 31.2. The maximum absolute atomic E-state index is 13.3. The Hall–Kier alpha value is -2.28. The molecule has 0 atom stereocenters. The highest BCUT2D eigenvalue weighted by molar-refractivity contribution is 7.92. The Morgan fingerprint density at radius 3 is 2.24 bits per heavy atom. The molecule has 1 aliphatic rings. The van der Waals surface area contributed by atoms with E-state index < -0.39 is 10.0 Å². The number of sulfonamides is 1. The summed E-state index contributed by atoms with van der Waals surface area (Å²) in [6.45, 7) is 11.0. The zero-order chi connectivity index (χ0) is 21.5. The van der Waals surface area contributed by atoms with E-state index in [-0.39, 0.29) is 16.4 Å². The van der Waals surface area contributed by atoms with Crippen LogP contribution in [-0.4, -0.2) is 36.9 Å². The van der Waals surface area contributed by atoms with Crippen LogP contribution in [0.15, 0.2) is 23.1 Å². The van der Waals surface area contributed by atoms with Crippen LogP contribution in [0.5, 0.6) is 0 Å². The predicted octanol–water partition coefficient (Wildman–Crippen LogP) is 3.93. The van der Waals surface area contributed by atoms with E-state index in [4.69, 9.17) is 0 Å². The normalized spacial score (nSPS) is 15.6. The molecule has 1 aromatic carbocycles. The first-order valence-electron chi connectivity index (χ1n) is 10.1. The van der Waals surface area contributed by atoms with Gasteiger partial charge in [0.25, 0.3) is 15.9 Å². The number of likely N-dealkylation sites (tertiary alicyclic amines) is 1. The average molecular weight is 418 g/mol. The Kier molecular flexibility index (Phi) is 5.81. The van der Waals surface area contributed by atoms with Gasteiger partial charge in [-0.1, -0.05) is 13.0 Å². The fourth-order valence-electron chi connectivity index (χ4n) is 3.88. The number of amides is 1. The van der Waals surface area contributed by atoms with Crippen molar-refractivity contribution in [3.05, 3.63) is 46.3 Å². The molecular formula is C22H31N3O3S. The molecule has 2 heterocycles. The predicted molar refractivity (Wildman–Crippen MR) is 116 cm³/mol. The van der Waals surface area contributed by atoms with Gasteiger partial charge in [0.2, 0.25) is 0 Å². The Labute approximate surface area is 174 Å². The largest absolute Gasteiger partial charge is 0.350 e. The number of aryl methyl sites for hydroxylation is 2. The van der Waals surface area contributed by atoms with Crippen LogP contribution in [0.2, 0.25) is 0 Å². The lowest BCUT2D eigenvalue weighted by Crippen LogP contribution is -2.38. The molecule has 1 amide bonds. The van der Waals surface area contributed by atoms with Crippen LogP contribution < -0.4 is 4.72 Å². The number of hydrogen-bond acceptors (Lipinski definition) is 3. The van der Waals surface area contributed by atoms with E-state index in [0.717, 1.165) is 24.0 Å². The van der Waals surface area contributed by atoms with Gasteiger partial charge in [0.1, 0.15) is 4.90 Å². The number of nitrogens with one attached hydrogen (secondary N) is 1. The first-order chi connectivity index (χ1) is 13.5. The van der Waals surface area contributed by atoms with Gasteiger partial charge in [-0.15, -0.1) is 0 Å². The number of hydrogen-bond donors (Lipinski definition) is 1. The third kappa shape index (κ3) is 4.06. The summed E-state index contributed by atoms with van der Waals surface area (Å²) in [5, 5.41) is 0. The van der Waals surface area contributed by atoms with Crippen molar-refractivity contribution in [1.29, 1.82) is 0 Å². The summed E-state index contributed by atoms with van der Waals surface area (Å²) in [6, 6.07) is 5.45. The minimum absolute atomic E-state index is 0.0827. The van der Waals surface area contributed by atoms with Crippen LogP contribution in [0.25, 0.3) is 0 Å². The molecule has 0 aliphatic carbocycles. The van der Waals surface area contributed by atoms with Crippen LogP contribution in [0.4, 0.5) is 5.69 Å². The molecule has 0 unspecified atom stereocenters. The third-order valence-electron chi connectivity index (χ3n) is 6.24. The van der Waals surface area contributed by atoms with E-state index in [2.05, 4.69) is 11.6 Å². The summed E-state index contributed by atoms with van der Waals surface area (Å²) in [7, 11) is -2.12. The van der Waals surface area contributed by atoms with Crippen LogP contribution >= 0.6 is 0 Å². The summed E-state index contributed by atoms with van der Waals surface area (Å²) in [5.74, 6) is 0.394. The number of nitrogens with zero attached hydrogens (tertiary/aromatic N) is 2. The van der Waals surface area contributed by atoms with E-state index in [1.807, 2.05) is 32.9 Å². The zero-order valence-electron chi connectivity index (χ0n) is 18.2. The second-order valence-electron chi connectivity index (χ2n) is 8.31. The summed E-state index contributed by atoms with van der Waals surface area (Å²) in [6.07, 6.45) is 1.89. The van der Waals surface area contributed by atoms with Crippen molar-refractivity contribution in [2.45, 2.75) is 52.4 Å². The van der Waals surface area contributed by atoms with Crippen LogP contribution in [-0.2, 0) is 17.1 Å². The van der Waals surface area contributed by atoms with Gasteiger partial charge in [-0.05, 0) is 69.7 Å². The molecule has 158 valence electrons. The maximum atomic E-state index is 13.3. The van der Waals surface area contributed by atoms with Crippen molar-refractivity contribution in [2.24, 2.45) is 13.0 Å². The average Bonchev–Trinajstić information content (AvgIpc) is 2.89. The Balaban J connectivity index is 2.03. The van der Waals surface area contributed by atoms with Crippen LogP contribution in [0.1, 0.15) is 52.6 Å². The lowest BCUT2D eigenvalue weighted by Gasteiger charge is -2.30. The topological polar surface area (TPSA) is 71.4 Å². The molecule has 1 aliphatic heterocycles.